The molecule has 0 radical (unpaired) electrons. The molecule has 0 aliphatic rings. The van der Waals surface area contributed by atoms with Gasteiger partial charge in [0.2, 0.25) is 0 Å². The van der Waals surface area contributed by atoms with E-state index in [4.69, 9.17) is 14.2 Å². The summed E-state index contributed by atoms with van der Waals surface area (Å²) in [5.74, 6) is -0.983. The summed E-state index contributed by atoms with van der Waals surface area (Å²) in [7, 11) is 0. The van der Waals surface area contributed by atoms with E-state index in [0.29, 0.717) is 12.8 Å². The number of allylic oxidation sites excluding steroid dienone is 16. The van der Waals surface area contributed by atoms with Crippen LogP contribution in [0.15, 0.2) is 97.2 Å². The number of carbonyl (C=O) groups excluding carboxylic acids is 3. The molecule has 0 aromatic heterocycles. The van der Waals surface area contributed by atoms with E-state index in [9.17, 15) is 14.4 Å². The molecule has 0 saturated carbocycles. The molecule has 1 unspecified atom stereocenters. The van der Waals surface area contributed by atoms with Crippen molar-refractivity contribution < 1.29 is 28.6 Å². The zero-order chi connectivity index (χ0) is 48.6. The van der Waals surface area contributed by atoms with Gasteiger partial charge in [-0.1, -0.05) is 240 Å². The Balaban J connectivity index is 4.50. The first-order chi connectivity index (χ1) is 33.0. The van der Waals surface area contributed by atoms with Gasteiger partial charge in [-0.3, -0.25) is 14.4 Å². The molecule has 0 aromatic carbocycles. The Labute approximate surface area is 413 Å². The highest BCUT2D eigenvalue weighted by molar-refractivity contribution is 5.71. The molecule has 382 valence electrons. The van der Waals surface area contributed by atoms with E-state index < -0.39 is 6.10 Å². The van der Waals surface area contributed by atoms with Crippen molar-refractivity contribution in [3.05, 3.63) is 97.2 Å². The Hall–Kier alpha value is -3.67. The lowest BCUT2D eigenvalue weighted by atomic mass is 10.1. The van der Waals surface area contributed by atoms with E-state index in [1.165, 1.54) is 116 Å². The Kier molecular flexibility index (Phi) is 51.9. The third-order valence-electron chi connectivity index (χ3n) is 11.7. The van der Waals surface area contributed by atoms with E-state index in [1.54, 1.807) is 0 Å². The molecule has 6 heteroatoms. The number of esters is 3. The molecule has 0 aliphatic heterocycles. The predicted octanol–water partition coefficient (Wildman–Crippen LogP) is 18.5. The lowest BCUT2D eigenvalue weighted by Crippen LogP contribution is -2.30. The van der Waals surface area contributed by atoms with E-state index in [-0.39, 0.29) is 37.5 Å². The van der Waals surface area contributed by atoms with Crippen LogP contribution in [-0.4, -0.2) is 37.2 Å². The number of hydrogen-bond donors (Lipinski definition) is 0. The van der Waals surface area contributed by atoms with Gasteiger partial charge in [0, 0.05) is 19.3 Å². The summed E-state index contributed by atoms with van der Waals surface area (Å²) < 4.78 is 16.8. The van der Waals surface area contributed by atoms with Crippen LogP contribution in [0.5, 0.6) is 0 Å². The quantitative estimate of drug-likeness (QED) is 0.0199. The minimum absolute atomic E-state index is 0.107. The summed E-state index contributed by atoms with van der Waals surface area (Å²) >= 11 is 0. The zero-order valence-electron chi connectivity index (χ0n) is 43.6. The van der Waals surface area contributed by atoms with Gasteiger partial charge in [0.15, 0.2) is 6.10 Å². The smallest absolute Gasteiger partial charge is 0.306 e. The number of rotatable bonds is 49. The summed E-state index contributed by atoms with van der Waals surface area (Å²) in [4.78, 5) is 38.1. The van der Waals surface area contributed by atoms with Crippen molar-refractivity contribution in [1.29, 1.82) is 0 Å². The van der Waals surface area contributed by atoms with Crippen molar-refractivity contribution in [3.8, 4) is 0 Å². The molecule has 0 aromatic rings. The maximum absolute atomic E-state index is 12.8. The van der Waals surface area contributed by atoms with Crippen molar-refractivity contribution in [2.24, 2.45) is 0 Å². The summed E-state index contributed by atoms with van der Waals surface area (Å²) in [6.45, 7) is 6.43. The van der Waals surface area contributed by atoms with Gasteiger partial charge in [-0.15, -0.1) is 0 Å². The molecule has 0 saturated heterocycles. The van der Waals surface area contributed by atoms with Crippen LogP contribution in [0.2, 0.25) is 0 Å². The molecule has 67 heavy (non-hydrogen) atoms. The van der Waals surface area contributed by atoms with E-state index in [1.807, 2.05) is 48.6 Å². The monoisotopic (exact) mass is 931 g/mol. The highest BCUT2D eigenvalue weighted by Gasteiger charge is 2.19. The maximum atomic E-state index is 12.8. The second-order valence-corrected chi connectivity index (χ2v) is 18.3. The van der Waals surface area contributed by atoms with Crippen molar-refractivity contribution in [1.82, 2.24) is 0 Å². The minimum atomic E-state index is -0.813. The molecule has 0 amide bonds. The molecule has 0 bridgehead atoms. The van der Waals surface area contributed by atoms with Crippen LogP contribution in [0.3, 0.4) is 0 Å². The normalized spacial score (nSPS) is 12.8. The number of hydrogen-bond acceptors (Lipinski definition) is 6. The standard InChI is InChI=1S/C61H102O6/c1-4-7-10-13-16-19-22-25-28-30-31-34-36-39-42-45-48-51-54-60(63)66-57-58(56-65-59(62)53-50-47-44-41-38-35-32-27-24-21-18-15-12-9-6-3)67-61(64)55-52-49-46-43-40-37-33-29-26-23-20-17-14-11-8-5-2/h9,12,15,18,21,24,27,29,31-35,37-38,40,58H,4-8,10-11,13-14,16-17,19-20,22-23,25-26,28,30,36,39,41-57H2,1-3H3/b12-9-,18-15-,24-21-,32-27-,33-29-,34-31-,38-35-,40-37-. The fourth-order valence-electron chi connectivity index (χ4n) is 7.51. The van der Waals surface area contributed by atoms with Gasteiger partial charge in [-0.05, 0) is 89.9 Å². The fraction of sp³-hybridized carbons (Fsp3) is 0.689. The molecule has 0 N–H and O–H groups in total. The van der Waals surface area contributed by atoms with Gasteiger partial charge in [-0.25, -0.2) is 0 Å². The lowest BCUT2D eigenvalue weighted by molar-refractivity contribution is -0.167. The molecule has 0 rings (SSSR count). The average Bonchev–Trinajstić information content (AvgIpc) is 3.33. The number of ether oxygens (including phenoxy) is 3. The second kappa shape index (κ2) is 54.9. The summed E-state index contributed by atoms with van der Waals surface area (Å²) in [5.41, 5.74) is 0. The fourth-order valence-corrected chi connectivity index (χ4v) is 7.51. The first-order valence-electron chi connectivity index (χ1n) is 27.8. The van der Waals surface area contributed by atoms with Gasteiger partial charge in [0.1, 0.15) is 13.2 Å². The van der Waals surface area contributed by atoms with Crippen molar-refractivity contribution in [2.75, 3.05) is 13.2 Å². The Morgan fingerprint density at radius 2 is 0.597 bits per heavy atom. The van der Waals surface area contributed by atoms with Crippen LogP contribution in [-0.2, 0) is 28.6 Å². The van der Waals surface area contributed by atoms with Crippen LogP contribution < -0.4 is 0 Å². The van der Waals surface area contributed by atoms with Gasteiger partial charge >= 0.3 is 17.9 Å². The summed E-state index contributed by atoms with van der Waals surface area (Å²) in [6.07, 6.45) is 72.5. The van der Waals surface area contributed by atoms with Crippen LogP contribution >= 0.6 is 0 Å². The maximum Gasteiger partial charge on any atom is 0.306 e. The first-order valence-corrected chi connectivity index (χ1v) is 27.8. The molecule has 1 atom stereocenters. The van der Waals surface area contributed by atoms with Crippen molar-refractivity contribution in [2.45, 2.75) is 258 Å². The van der Waals surface area contributed by atoms with Crippen LogP contribution in [0.25, 0.3) is 0 Å². The van der Waals surface area contributed by atoms with Crippen LogP contribution in [0.4, 0.5) is 0 Å². The summed E-state index contributed by atoms with van der Waals surface area (Å²) in [5, 5.41) is 0. The zero-order valence-corrected chi connectivity index (χ0v) is 43.6. The Morgan fingerprint density at radius 3 is 0.985 bits per heavy atom. The van der Waals surface area contributed by atoms with Gasteiger partial charge < -0.3 is 14.2 Å². The molecular weight excluding hydrogens is 829 g/mol. The molecular formula is C61H102O6. The lowest BCUT2D eigenvalue weighted by Gasteiger charge is -2.18. The second-order valence-electron chi connectivity index (χ2n) is 18.3. The van der Waals surface area contributed by atoms with E-state index >= 15 is 0 Å². The molecule has 0 fully saturated rings. The first kappa shape index (κ1) is 63.3. The van der Waals surface area contributed by atoms with Crippen LogP contribution in [0.1, 0.15) is 252 Å². The van der Waals surface area contributed by atoms with E-state index in [0.717, 1.165) is 96.3 Å². The van der Waals surface area contributed by atoms with E-state index in [2.05, 4.69) is 69.4 Å². The molecule has 0 spiro atoms. The molecule has 0 heterocycles. The molecule has 6 nitrogen and oxygen atoms in total. The van der Waals surface area contributed by atoms with Crippen molar-refractivity contribution in [3.63, 3.8) is 0 Å². The number of unbranched alkanes of at least 4 members (excludes halogenated alkanes) is 27. The number of carbonyl (C=O) groups is 3. The third-order valence-corrected chi connectivity index (χ3v) is 11.7. The molecule has 0 aliphatic carbocycles. The van der Waals surface area contributed by atoms with Gasteiger partial charge in [0.05, 0.1) is 0 Å². The average molecular weight is 931 g/mol. The highest BCUT2D eigenvalue weighted by atomic mass is 16.6. The van der Waals surface area contributed by atoms with Crippen molar-refractivity contribution >= 4 is 17.9 Å². The largest absolute Gasteiger partial charge is 0.462 e. The Morgan fingerprint density at radius 1 is 0.313 bits per heavy atom. The topological polar surface area (TPSA) is 78.9 Å². The van der Waals surface area contributed by atoms with Gasteiger partial charge in [0.25, 0.3) is 0 Å². The minimum Gasteiger partial charge on any atom is -0.462 e. The third kappa shape index (κ3) is 53.2. The van der Waals surface area contributed by atoms with Gasteiger partial charge in [-0.2, -0.15) is 0 Å². The van der Waals surface area contributed by atoms with Crippen LogP contribution in [0, 0.1) is 0 Å². The highest BCUT2D eigenvalue weighted by Crippen LogP contribution is 2.14. The Bertz CT molecular complexity index is 1350. The predicted molar refractivity (Wildman–Crippen MR) is 288 cm³/mol. The summed E-state index contributed by atoms with van der Waals surface area (Å²) in [6, 6.07) is 0. The SMILES string of the molecule is CC\C=C/C=C\C=C/C=C\C=C/CCCCCC(=O)OCC(COC(=O)CCCCCCC/C=C\CCCCCCCCCCC)OC(=O)CCCCC/C=C\C=C/CCCCCCCCC.